The summed E-state index contributed by atoms with van der Waals surface area (Å²) in [5.41, 5.74) is 9.00. The van der Waals surface area contributed by atoms with Gasteiger partial charge in [-0.3, -0.25) is 0 Å². The summed E-state index contributed by atoms with van der Waals surface area (Å²) >= 11 is 6.30. The van der Waals surface area contributed by atoms with E-state index in [0.29, 0.717) is 11.4 Å². The number of aliphatic hydroxyl groups excluding tert-OH is 1. The molecule has 0 aliphatic carbocycles. The SMILES string of the molecule is CN(C)c1ccc([C@@H](N)[C@@H](O)Cc2ccccc2)c(Cl)c1.Cl. The Balaban J connectivity index is 0.00000242. The molecule has 2 rings (SSSR count). The summed E-state index contributed by atoms with van der Waals surface area (Å²) in [5, 5.41) is 10.9. The van der Waals surface area contributed by atoms with Gasteiger partial charge < -0.3 is 15.7 Å². The number of nitrogens with two attached hydrogens (primary N) is 1. The third-order valence-corrected chi connectivity index (χ3v) is 3.89. The quantitative estimate of drug-likeness (QED) is 0.876. The number of anilines is 1. The third kappa shape index (κ3) is 4.62. The van der Waals surface area contributed by atoms with E-state index in [1.807, 2.05) is 67.5 Å². The van der Waals surface area contributed by atoms with Crippen LogP contribution >= 0.6 is 24.0 Å². The van der Waals surface area contributed by atoms with Crippen molar-refractivity contribution in [3.8, 4) is 0 Å². The Morgan fingerprint density at radius 2 is 1.77 bits per heavy atom. The zero-order valence-electron chi connectivity index (χ0n) is 12.7. The number of hydrogen-bond donors (Lipinski definition) is 2. The van der Waals surface area contributed by atoms with Gasteiger partial charge in [-0.15, -0.1) is 12.4 Å². The molecule has 0 fully saturated rings. The number of benzene rings is 2. The summed E-state index contributed by atoms with van der Waals surface area (Å²) in [6, 6.07) is 15.0. The lowest BCUT2D eigenvalue weighted by Gasteiger charge is -2.22. The summed E-state index contributed by atoms with van der Waals surface area (Å²) in [7, 11) is 3.91. The van der Waals surface area contributed by atoms with Crippen LogP contribution in [0, 0.1) is 0 Å². The molecular formula is C17H22Cl2N2O. The molecule has 3 nitrogen and oxygen atoms in total. The average molecular weight is 341 g/mol. The van der Waals surface area contributed by atoms with Crippen molar-refractivity contribution in [2.45, 2.75) is 18.6 Å². The van der Waals surface area contributed by atoms with E-state index >= 15 is 0 Å². The molecule has 2 aromatic rings. The minimum absolute atomic E-state index is 0. The molecule has 0 aromatic heterocycles. The van der Waals surface area contributed by atoms with Crippen LogP contribution in [-0.4, -0.2) is 25.3 Å². The molecule has 0 amide bonds. The highest BCUT2D eigenvalue weighted by molar-refractivity contribution is 6.31. The van der Waals surface area contributed by atoms with Crippen LogP contribution < -0.4 is 10.6 Å². The van der Waals surface area contributed by atoms with Crippen molar-refractivity contribution in [2.24, 2.45) is 5.73 Å². The molecule has 0 bridgehead atoms. The molecule has 0 aliphatic heterocycles. The molecule has 0 aliphatic rings. The lowest BCUT2D eigenvalue weighted by molar-refractivity contribution is 0.145. The highest BCUT2D eigenvalue weighted by Gasteiger charge is 2.20. The van der Waals surface area contributed by atoms with Gasteiger partial charge in [-0.1, -0.05) is 48.0 Å². The van der Waals surface area contributed by atoms with Gasteiger partial charge in [-0.2, -0.15) is 0 Å². The molecule has 2 atom stereocenters. The number of halogens is 2. The first-order chi connectivity index (χ1) is 9.99. The van der Waals surface area contributed by atoms with Crippen LogP contribution in [0.1, 0.15) is 17.2 Å². The zero-order chi connectivity index (χ0) is 15.4. The number of nitrogens with zero attached hydrogens (tertiary/aromatic N) is 1. The van der Waals surface area contributed by atoms with E-state index in [1.165, 1.54) is 0 Å². The molecule has 0 saturated heterocycles. The second kappa shape index (κ2) is 8.39. The smallest absolute Gasteiger partial charge is 0.0773 e. The fourth-order valence-corrected chi connectivity index (χ4v) is 2.56. The van der Waals surface area contributed by atoms with Gasteiger partial charge in [0, 0.05) is 31.2 Å². The number of rotatable bonds is 5. The van der Waals surface area contributed by atoms with E-state index in [4.69, 9.17) is 17.3 Å². The van der Waals surface area contributed by atoms with Crippen molar-refractivity contribution < 1.29 is 5.11 Å². The molecular weight excluding hydrogens is 319 g/mol. The predicted octanol–water partition coefficient (Wildman–Crippen LogP) is 3.43. The van der Waals surface area contributed by atoms with Gasteiger partial charge in [0.2, 0.25) is 0 Å². The number of aliphatic hydroxyl groups is 1. The van der Waals surface area contributed by atoms with Gasteiger partial charge in [-0.05, 0) is 23.3 Å². The predicted molar refractivity (Wildman–Crippen MR) is 96.1 cm³/mol. The summed E-state index contributed by atoms with van der Waals surface area (Å²) in [4.78, 5) is 1.97. The van der Waals surface area contributed by atoms with E-state index in [-0.39, 0.29) is 12.4 Å². The van der Waals surface area contributed by atoms with E-state index < -0.39 is 12.1 Å². The average Bonchev–Trinajstić information content (AvgIpc) is 2.47. The summed E-state index contributed by atoms with van der Waals surface area (Å²) < 4.78 is 0. The van der Waals surface area contributed by atoms with E-state index in [9.17, 15) is 5.11 Å². The van der Waals surface area contributed by atoms with Crippen molar-refractivity contribution >= 4 is 29.7 Å². The summed E-state index contributed by atoms with van der Waals surface area (Å²) in [6.45, 7) is 0. The van der Waals surface area contributed by atoms with Crippen LogP contribution in [0.4, 0.5) is 5.69 Å². The Labute approximate surface area is 143 Å². The maximum Gasteiger partial charge on any atom is 0.0773 e. The first kappa shape index (κ1) is 18.8. The second-order valence-corrected chi connectivity index (χ2v) is 5.79. The number of hydrogen-bond acceptors (Lipinski definition) is 3. The van der Waals surface area contributed by atoms with Gasteiger partial charge in [0.05, 0.1) is 12.1 Å². The maximum absolute atomic E-state index is 10.3. The van der Waals surface area contributed by atoms with Gasteiger partial charge in [-0.25, -0.2) is 0 Å². The Morgan fingerprint density at radius 3 is 2.32 bits per heavy atom. The van der Waals surface area contributed by atoms with Gasteiger partial charge >= 0.3 is 0 Å². The van der Waals surface area contributed by atoms with Crippen molar-refractivity contribution in [2.75, 3.05) is 19.0 Å². The molecule has 0 spiro atoms. The molecule has 5 heteroatoms. The van der Waals surface area contributed by atoms with Crippen molar-refractivity contribution in [3.05, 3.63) is 64.7 Å². The lowest BCUT2D eigenvalue weighted by Crippen LogP contribution is -2.28. The highest BCUT2D eigenvalue weighted by atomic mass is 35.5. The zero-order valence-corrected chi connectivity index (χ0v) is 14.3. The third-order valence-electron chi connectivity index (χ3n) is 3.56. The summed E-state index contributed by atoms with van der Waals surface area (Å²) in [5.74, 6) is 0. The fourth-order valence-electron chi connectivity index (χ4n) is 2.25. The van der Waals surface area contributed by atoms with E-state index in [0.717, 1.165) is 16.8 Å². The summed E-state index contributed by atoms with van der Waals surface area (Å²) in [6.07, 6.45) is -0.163. The van der Waals surface area contributed by atoms with Gasteiger partial charge in [0.25, 0.3) is 0 Å². The molecule has 0 radical (unpaired) electrons. The van der Waals surface area contributed by atoms with E-state index in [1.54, 1.807) is 0 Å². The van der Waals surface area contributed by atoms with Crippen LogP contribution in [0.3, 0.4) is 0 Å². The molecule has 120 valence electrons. The fraction of sp³-hybridized carbons (Fsp3) is 0.294. The van der Waals surface area contributed by atoms with Crippen molar-refractivity contribution in [1.29, 1.82) is 0 Å². The van der Waals surface area contributed by atoms with Gasteiger partial charge in [0.1, 0.15) is 0 Å². The first-order valence-corrected chi connectivity index (χ1v) is 7.31. The highest BCUT2D eigenvalue weighted by Crippen LogP contribution is 2.28. The van der Waals surface area contributed by atoms with Crippen LogP contribution in [0.5, 0.6) is 0 Å². The first-order valence-electron chi connectivity index (χ1n) is 6.93. The van der Waals surface area contributed by atoms with Crippen LogP contribution in [-0.2, 0) is 6.42 Å². The van der Waals surface area contributed by atoms with Crippen LogP contribution in [0.25, 0.3) is 0 Å². The van der Waals surface area contributed by atoms with Crippen LogP contribution in [0.2, 0.25) is 5.02 Å². The second-order valence-electron chi connectivity index (χ2n) is 5.38. The van der Waals surface area contributed by atoms with Crippen molar-refractivity contribution in [1.82, 2.24) is 0 Å². The normalized spacial score (nSPS) is 13.1. The minimum atomic E-state index is -0.671. The van der Waals surface area contributed by atoms with E-state index in [2.05, 4.69) is 0 Å². The van der Waals surface area contributed by atoms with Crippen LogP contribution in [0.15, 0.2) is 48.5 Å². The Morgan fingerprint density at radius 1 is 1.14 bits per heavy atom. The maximum atomic E-state index is 10.3. The molecule has 0 unspecified atom stereocenters. The Bertz CT molecular complexity index is 590. The Kier molecular flexibility index (Phi) is 7.17. The topological polar surface area (TPSA) is 49.5 Å². The molecule has 0 saturated carbocycles. The molecule has 2 aromatic carbocycles. The molecule has 3 N–H and O–H groups in total. The lowest BCUT2D eigenvalue weighted by atomic mass is 9.96. The molecule has 22 heavy (non-hydrogen) atoms. The minimum Gasteiger partial charge on any atom is -0.391 e. The Hall–Kier alpha value is -1.26. The van der Waals surface area contributed by atoms with Crippen molar-refractivity contribution in [3.63, 3.8) is 0 Å². The standard InChI is InChI=1S/C17H21ClN2O.ClH/c1-20(2)13-8-9-14(15(18)11-13)17(19)16(21)10-12-6-4-3-5-7-12;/h3-9,11,16-17,21H,10,19H2,1-2H3;1H/t16-,17+;/m0./s1. The monoisotopic (exact) mass is 340 g/mol. The van der Waals surface area contributed by atoms with Gasteiger partial charge in [0.15, 0.2) is 0 Å². The largest absolute Gasteiger partial charge is 0.391 e. The molecule has 0 heterocycles.